The summed E-state index contributed by atoms with van der Waals surface area (Å²) in [5, 5.41) is 0. The Morgan fingerprint density at radius 2 is 1.55 bits per heavy atom. The van der Waals surface area contributed by atoms with Crippen LogP contribution in [-0.2, 0) is 6.42 Å². The second-order valence-corrected chi connectivity index (χ2v) is 7.94. The third kappa shape index (κ3) is 7.38. The Kier molecular flexibility index (Phi) is 9.36. The van der Waals surface area contributed by atoms with E-state index in [0.717, 1.165) is 36.0 Å². The molecule has 1 heterocycles. The summed E-state index contributed by atoms with van der Waals surface area (Å²) in [5.74, 6) is -0.363. The number of hydrogen-bond donors (Lipinski definition) is 0. The predicted molar refractivity (Wildman–Crippen MR) is 127 cm³/mol. The Morgan fingerprint density at radius 3 is 2.21 bits per heavy atom. The number of carbonyl (C=O) groups is 1. The van der Waals surface area contributed by atoms with Gasteiger partial charge in [-0.1, -0.05) is 64.2 Å². The summed E-state index contributed by atoms with van der Waals surface area (Å²) in [6.07, 6.45) is 11.0. The molecular formula is C27H31FN2O3. The summed E-state index contributed by atoms with van der Waals surface area (Å²) in [5.41, 5.74) is 2.47. The minimum Gasteiger partial charge on any atom is -0.491 e. The van der Waals surface area contributed by atoms with E-state index in [1.54, 1.807) is 42.7 Å². The number of hydrogen-bond acceptors (Lipinski definition) is 5. The van der Waals surface area contributed by atoms with Crippen molar-refractivity contribution in [2.75, 3.05) is 6.61 Å². The van der Waals surface area contributed by atoms with Crippen molar-refractivity contribution in [3.05, 3.63) is 72.1 Å². The molecule has 0 N–H and O–H groups in total. The predicted octanol–water partition coefficient (Wildman–Crippen LogP) is 6.80. The third-order valence-electron chi connectivity index (χ3n) is 5.38. The Morgan fingerprint density at radius 1 is 0.879 bits per heavy atom. The molecule has 6 heteroatoms. The molecular weight excluding hydrogens is 419 g/mol. The van der Waals surface area contributed by atoms with Gasteiger partial charge in [0.1, 0.15) is 5.75 Å². The van der Waals surface area contributed by atoms with E-state index in [2.05, 4.69) is 16.9 Å². The highest BCUT2D eigenvalue weighted by Crippen LogP contribution is 2.27. The smallest absolute Gasteiger partial charge is 0.381 e. The number of rotatable bonds is 12. The van der Waals surface area contributed by atoms with Crippen LogP contribution in [0.3, 0.4) is 0 Å². The van der Waals surface area contributed by atoms with Crippen LogP contribution in [-0.4, -0.2) is 22.5 Å². The van der Waals surface area contributed by atoms with E-state index in [4.69, 9.17) is 9.47 Å². The zero-order valence-corrected chi connectivity index (χ0v) is 19.4. The number of esters is 1. The maximum Gasteiger partial charge on any atom is 0.381 e. The van der Waals surface area contributed by atoms with Crippen molar-refractivity contribution < 1.29 is 18.7 Å². The average molecular weight is 451 g/mol. The molecule has 2 aromatic carbocycles. The van der Waals surface area contributed by atoms with Crippen molar-refractivity contribution in [2.24, 2.45) is 0 Å². The van der Waals surface area contributed by atoms with Gasteiger partial charge in [-0.05, 0) is 53.8 Å². The first-order valence-corrected chi connectivity index (χ1v) is 11.7. The lowest BCUT2D eigenvalue weighted by molar-refractivity contribution is 0.0721. The molecule has 0 unspecified atom stereocenters. The van der Waals surface area contributed by atoms with Crippen LogP contribution < -0.4 is 9.47 Å². The zero-order valence-electron chi connectivity index (χ0n) is 19.4. The Labute approximate surface area is 195 Å². The normalized spacial score (nSPS) is 10.8. The second kappa shape index (κ2) is 12.7. The van der Waals surface area contributed by atoms with Gasteiger partial charge < -0.3 is 9.47 Å². The summed E-state index contributed by atoms with van der Waals surface area (Å²) in [6, 6.07) is 11.8. The number of benzene rings is 2. The van der Waals surface area contributed by atoms with Crippen LogP contribution in [0.1, 0.15) is 68.6 Å². The van der Waals surface area contributed by atoms with E-state index in [-0.39, 0.29) is 17.4 Å². The molecule has 0 saturated carbocycles. The number of carbonyl (C=O) groups excluding carboxylic acids is 1. The van der Waals surface area contributed by atoms with Gasteiger partial charge in [0.25, 0.3) is 0 Å². The van der Waals surface area contributed by atoms with Crippen LogP contribution in [0.2, 0.25) is 0 Å². The van der Waals surface area contributed by atoms with E-state index < -0.39 is 5.97 Å². The molecule has 0 amide bonds. The molecule has 0 atom stereocenters. The van der Waals surface area contributed by atoms with Crippen molar-refractivity contribution in [2.45, 2.75) is 58.8 Å². The summed E-state index contributed by atoms with van der Waals surface area (Å²) in [4.78, 5) is 20.3. The number of ether oxygens (including phenoxy) is 2. The number of unbranched alkanes of at least 4 members (excludes halogenated alkanes) is 5. The molecule has 0 aliphatic rings. The van der Waals surface area contributed by atoms with Crippen molar-refractivity contribution in [3.8, 4) is 22.6 Å². The molecule has 0 aliphatic carbocycles. The van der Waals surface area contributed by atoms with Gasteiger partial charge in [0.2, 0.25) is 5.82 Å². The molecule has 0 radical (unpaired) electrons. The fourth-order valence-corrected chi connectivity index (χ4v) is 3.37. The SMILES string of the molecule is CCCCCCCCOc1ccc(-c2ccc(OC(=O)c3ncc(CC)cn3)cc2)cc1F. The Bertz CT molecular complexity index is 1020. The van der Waals surface area contributed by atoms with Crippen molar-refractivity contribution in [1.82, 2.24) is 9.97 Å². The monoisotopic (exact) mass is 450 g/mol. The number of nitrogens with zero attached hydrogens (tertiary/aromatic N) is 2. The van der Waals surface area contributed by atoms with Crippen LogP contribution in [0.5, 0.6) is 11.5 Å². The third-order valence-corrected chi connectivity index (χ3v) is 5.38. The Balaban J connectivity index is 1.53. The second-order valence-electron chi connectivity index (χ2n) is 7.94. The van der Waals surface area contributed by atoms with Gasteiger partial charge >= 0.3 is 5.97 Å². The van der Waals surface area contributed by atoms with Gasteiger partial charge in [-0.15, -0.1) is 0 Å². The highest BCUT2D eigenvalue weighted by atomic mass is 19.1. The van der Waals surface area contributed by atoms with Gasteiger partial charge in [-0.2, -0.15) is 0 Å². The molecule has 174 valence electrons. The summed E-state index contributed by atoms with van der Waals surface area (Å²) < 4.78 is 25.4. The molecule has 0 fully saturated rings. The lowest BCUT2D eigenvalue weighted by atomic mass is 10.1. The quantitative estimate of drug-likeness (QED) is 0.172. The lowest BCUT2D eigenvalue weighted by Crippen LogP contribution is -2.12. The highest BCUT2D eigenvalue weighted by Gasteiger charge is 2.12. The zero-order chi connectivity index (χ0) is 23.5. The molecule has 3 aromatic rings. The van der Waals surface area contributed by atoms with Crippen molar-refractivity contribution in [3.63, 3.8) is 0 Å². The minimum atomic E-state index is -0.622. The first-order valence-electron chi connectivity index (χ1n) is 11.7. The molecule has 1 aromatic heterocycles. The van der Waals surface area contributed by atoms with Gasteiger partial charge in [0.05, 0.1) is 6.61 Å². The van der Waals surface area contributed by atoms with Crippen molar-refractivity contribution in [1.29, 1.82) is 0 Å². The van der Waals surface area contributed by atoms with Gasteiger partial charge in [-0.25, -0.2) is 19.2 Å². The van der Waals surface area contributed by atoms with E-state index in [1.807, 2.05) is 13.0 Å². The molecule has 0 spiro atoms. The van der Waals surface area contributed by atoms with Crippen LogP contribution in [0.25, 0.3) is 11.1 Å². The molecule has 0 aliphatic heterocycles. The van der Waals surface area contributed by atoms with Crippen LogP contribution >= 0.6 is 0 Å². The van der Waals surface area contributed by atoms with Crippen LogP contribution in [0.15, 0.2) is 54.9 Å². The van der Waals surface area contributed by atoms with Gasteiger partial charge in [0.15, 0.2) is 11.6 Å². The molecule has 33 heavy (non-hydrogen) atoms. The molecule has 0 bridgehead atoms. The summed E-state index contributed by atoms with van der Waals surface area (Å²) >= 11 is 0. The largest absolute Gasteiger partial charge is 0.491 e. The van der Waals surface area contributed by atoms with E-state index in [1.165, 1.54) is 31.7 Å². The topological polar surface area (TPSA) is 61.3 Å². The van der Waals surface area contributed by atoms with Gasteiger partial charge in [0, 0.05) is 12.4 Å². The lowest BCUT2D eigenvalue weighted by Gasteiger charge is -2.10. The summed E-state index contributed by atoms with van der Waals surface area (Å²) in [7, 11) is 0. The maximum atomic E-state index is 14.5. The molecule has 5 nitrogen and oxygen atoms in total. The van der Waals surface area contributed by atoms with Crippen LogP contribution in [0, 0.1) is 5.82 Å². The number of aromatic nitrogens is 2. The highest BCUT2D eigenvalue weighted by molar-refractivity contribution is 5.87. The van der Waals surface area contributed by atoms with Crippen LogP contribution in [0.4, 0.5) is 4.39 Å². The molecule has 3 rings (SSSR count). The first-order chi connectivity index (χ1) is 16.1. The average Bonchev–Trinajstić information content (AvgIpc) is 2.85. The maximum absolute atomic E-state index is 14.5. The fourth-order valence-electron chi connectivity index (χ4n) is 3.37. The molecule has 0 saturated heterocycles. The standard InChI is InChI=1S/C27H31FN2O3/c1-3-5-6-7-8-9-16-32-25-15-12-22(17-24(25)28)21-10-13-23(14-11-21)33-27(31)26-29-18-20(4-2)19-30-26/h10-15,17-19H,3-9,16H2,1-2H3. The van der Waals surface area contributed by atoms with E-state index in [0.29, 0.717) is 12.4 Å². The number of halogens is 1. The fraction of sp³-hybridized carbons (Fsp3) is 0.370. The van der Waals surface area contributed by atoms with E-state index in [9.17, 15) is 9.18 Å². The van der Waals surface area contributed by atoms with E-state index >= 15 is 0 Å². The van der Waals surface area contributed by atoms with Gasteiger partial charge in [-0.3, -0.25) is 0 Å². The first kappa shape index (κ1) is 24.4. The van der Waals surface area contributed by atoms with Crippen molar-refractivity contribution >= 4 is 5.97 Å². The minimum absolute atomic E-state index is 0.00916. The summed E-state index contributed by atoms with van der Waals surface area (Å²) in [6.45, 7) is 4.70. The Hall–Kier alpha value is -3.28. The number of aryl methyl sites for hydroxylation is 1.